The Morgan fingerprint density at radius 2 is 2.28 bits per heavy atom. The van der Waals surface area contributed by atoms with Crippen molar-refractivity contribution >= 4 is 11.1 Å². The highest BCUT2D eigenvalue weighted by atomic mass is 16.4. The fourth-order valence-electron chi connectivity index (χ4n) is 2.18. The molecule has 1 aromatic carbocycles. The predicted molar refractivity (Wildman–Crippen MR) is 69.8 cm³/mol. The van der Waals surface area contributed by atoms with Gasteiger partial charge in [-0.25, -0.2) is 4.79 Å². The van der Waals surface area contributed by atoms with E-state index in [4.69, 9.17) is 4.42 Å². The van der Waals surface area contributed by atoms with Gasteiger partial charge in [-0.05, 0) is 36.6 Å². The summed E-state index contributed by atoms with van der Waals surface area (Å²) in [6, 6.07) is 5.85. The fraction of sp³-hybridized carbons (Fsp3) is 0.462. The van der Waals surface area contributed by atoms with Crippen LogP contribution in [0.1, 0.15) is 5.56 Å². The second-order valence-electron chi connectivity index (χ2n) is 4.82. The topological polar surface area (TPSA) is 70.1 Å². The second-order valence-corrected chi connectivity index (χ2v) is 4.82. The normalized spacial score (nSPS) is 16.0. The van der Waals surface area contributed by atoms with Crippen LogP contribution in [-0.2, 0) is 6.42 Å². The van der Waals surface area contributed by atoms with Gasteiger partial charge in [0, 0.05) is 19.6 Å². The molecule has 0 aliphatic carbocycles. The Bertz CT molecular complexity index is 583. The van der Waals surface area contributed by atoms with Gasteiger partial charge in [0.25, 0.3) is 0 Å². The number of oxazole rings is 1. The van der Waals surface area contributed by atoms with Gasteiger partial charge in [0.2, 0.25) is 0 Å². The van der Waals surface area contributed by atoms with Crippen molar-refractivity contribution in [3.8, 4) is 0 Å². The number of fused-ring (bicyclic) bond motifs is 1. The van der Waals surface area contributed by atoms with E-state index in [0.717, 1.165) is 44.0 Å². The first-order valence-corrected chi connectivity index (χ1v) is 6.34. The number of hydrogen-bond donors (Lipinski definition) is 3. The molecular weight excluding hydrogens is 230 g/mol. The van der Waals surface area contributed by atoms with E-state index in [2.05, 4.69) is 15.6 Å². The lowest BCUT2D eigenvalue weighted by atomic mass is 10.0. The van der Waals surface area contributed by atoms with Crippen LogP contribution in [0.25, 0.3) is 11.1 Å². The molecule has 0 unspecified atom stereocenters. The Labute approximate surface area is 105 Å². The number of nitrogens with one attached hydrogen (secondary N) is 3. The van der Waals surface area contributed by atoms with Crippen molar-refractivity contribution in [3.63, 3.8) is 0 Å². The van der Waals surface area contributed by atoms with Gasteiger partial charge in [-0.15, -0.1) is 0 Å². The predicted octanol–water partition coefficient (Wildman–Crippen LogP) is 0.473. The SMILES string of the molecule is O=c1[nH]c2ccc(CCNCC3CNC3)cc2o1. The molecule has 18 heavy (non-hydrogen) atoms. The number of aromatic nitrogens is 1. The zero-order valence-corrected chi connectivity index (χ0v) is 10.2. The summed E-state index contributed by atoms with van der Waals surface area (Å²) < 4.78 is 5.04. The molecule has 0 spiro atoms. The first-order valence-electron chi connectivity index (χ1n) is 6.34. The Balaban J connectivity index is 1.55. The molecule has 0 bridgehead atoms. The largest absolute Gasteiger partial charge is 0.417 e. The third-order valence-electron chi connectivity index (χ3n) is 3.37. The fourth-order valence-corrected chi connectivity index (χ4v) is 2.18. The van der Waals surface area contributed by atoms with Crippen LogP contribution in [0.3, 0.4) is 0 Å². The number of H-pyrrole nitrogens is 1. The lowest BCUT2D eigenvalue weighted by molar-refractivity contribution is 0.333. The van der Waals surface area contributed by atoms with Crippen molar-refractivity contribution in [3.05, 3.63) is 34.3 Å². The van der Waals surface area contributed by atoms with Crippen LogP contribution in [0.5, 0.6) is 0 Å². The van der Waals surface area contributed by atoms with Gasteiger partial charge in [-0.1, -0.05) is 6.07 Å². The Hall–Kier alpha value is -1.59. The molecule has 1 aliphatic rings. The van der Waals surface area contributed by atoms with Crippen molar-refractivity contribution in [1.82, 2.24) is 15.6 Å². The summed E-state index contributed by atoms with van der Waals surface area (Å²) in [5.41, 5.74) is 2.59. The zero-order chi connectivity index (χ0) is 12.4. The first-order chi connectivity index (χ1) is 8.81. The minimum atomic E-state index is -0.391. The van der Waals surface area contributed by atoms with E-state index in [-0.39, 0.29) is 0 Å². The molecule has 1 aliphatic heterocycles. The van der Waals surface area contributed by atoms with E-state index in [0.29, 0.717) is 5.58 Å². The molecule has 1 saturated heterocycles. The maximum Gasteiger partial charge on any atom is 0.417 e. The summed E-state index contributed by atoms with van der Waals surface area (Å²) in [6.07, 6.45) is 0.949. The molecule has 0 saturated carbocycles. The van der Waals surface area contributed by atoms with Crippen LogP contribution in [0.2, 0.25) is 0 Å². The summed E-state index contributed by atoms with van der Waals surface area (Å²) in [6.45, 7) is 4.30. The highest BCUT2D eigenvalue weighted by molar-refractivity contribution is 5.72. The van der Waals surface area contributed by atoms with Gasteiger partial charge in [0.1, 0.15) is 0 Å². The molecule has 2 aromatic rings. The molecular formula is C13H17N3O2. The third-order valence-corrected chi connectivity index (χ3v) is 3.37. The minimum Gasteiger partial charge on any atom is -0.408 e. The van der Waals surface area contributed by atoms with Crippen molar-refractivity contribution in [2.24, 2.45) is 5.92 Å². The molecule has 0 amide bonds. The number of rotatable bonds is 5. The highest BCUT2D eigenvalue weighted by Crippen LogP contribution is 2.12. The molecule has 5 nitrogen and oxygen atoms in total. The molecule has 5 heteroatoms. The maximum absolute atomic E-state index is 11.0. The van der Waals surface area contributed by atoms with Crippen molar-refractivity contribution in [1.29, 1.82) is 0 Å². The smallest absolute Gasteiger partial charge is 0.408 e. The average molecular weight is 247 g/mol. The van der Waals surface area contributed by atoms with Crippen LogP contribution in [-0.4, -0.2) is 31.2 Å². The summed E-state index contributed by atoms with van der Waals surface area (Å²) in [4.78, 5) is 13.7. The molecule has 3 rings (SSSR count). The lowest BCUT2D eigenvalue weighted by Gasteiger charge is -2.27. The van der Waals surface area contributed by atoms with Crippen molar-refractivity contribution in [2.45, 2.75) is 6.42 Å². The van der Waals surface area contributed by atoms with E-state index in [1.54, 1.807) is 0 Å². The van der Waals surface area contributed by atoms with Crippen LogP contribution in [0.4, 0.5) is 0 Å². The van der Waals surface area contributed by atoms with E-state index in [1.165, 1.54) is 5.56 Å². The van der Waals surface area contributed by atoms with E-state index in [9.17, 15) is 4.79 Å². The molecule has 2 heterocycles. The molecule has 1 fully saturated rings. The number of benzene rings is 1. The van der Waals surface area contributed by atoms with Gasteiger partial charge < -0.3 is 15.1 Å². The monoisotopic (exact) mass is 247 g/mol. The second kappa shape index (κ2) is 4.96. The molecule has 3 N–H and O–H groups in total. The summed E-state index contributed by atoms with van der Waals surface area (Å²) in [5.74, 6) is 0.396. The van der Waals surface area contributed by atoms with E-state index < -0.39 is 5.76 Å². The van der Waals surface area contributed by atoms with Gasteiger partial charge in [-0.3, -0.25) is 4.98 Å². The molecule has 1 aromatic heterocycles. The third kappa shape index (κ3) is 2.47. The summed E-state index contributed by atoms with van der Waals surface area (Å²) in [7, 11) is 0. The van der Waals surface area contributed by atoms with Gasteiger partial charge in [0.15, 0.2) is 5.58 Å². The Morgan fingerprint density at radius 3 is 3.06 bits per heavy atom. The van der Waals surface area contributed by atoms with Gasteiger partial charge >= 0.3 is 5.76 Å². The van der Waals surface area contributed by atoms with Gasteiger partial charge in [-0.2, -0.15) is 0 Å². The quantitative estimate of drug-likeness (QED) is 0.672. The zero-order valence-electron chi connectivity index (χ0n) is 10.2. The highest BCUT2D eigenvalue weighted by Gasteiger charge is 2.15. The van der Waals surface area contributed by atoms with Crippen LogP contribution in [0, 0.1) is 5.92 Å². The first kappa shape index (κ1) is 11.5. The van der Waals surface area contributed by atoms with Crippen molar-refractivity contribution < 1.29 is 4.42 Å². The van der Waals surface area contributed by atoms with Crippen molar-refractivity contribution in [2.75, 3.05) is 26.2 Å². The number of hydrogen-bond acceptors (Lipinski definition) is 4. The Morgan fingerprint density at radius 1 is 1.39 bits per heavy atom. The Kier molecular flexibility index (Phi) is 3.17. The van der Waals surface area contributed by atoms with Crippen LogP contribution < -0.4 is 16.4 Å². The summed E-state index contributed by atoms with van der Waals surface area (Å²) >= 11 is 0. The molecule has 0 atom stereocenters. The number of aromatic amines is 1. The summed E-state index contributed by atoms with van der Waals surface area (Å²) in [5, 5.41) is 6.71. The maximum atomic E-state index is 11.0. The molecule has 96 valence electrons. The van der Waals surface area contributed by atoms with Crippen LogP contribution >= 0.6 is 0 Å². The molecule has 0 radical (unpaired) electrons. The van der Waals surface area contributed by atoms with Gasteiger partial charge in [0.05, 0.1) is 5.52 Å². The van der Waals surface area contributed by atoms with Crippen LogP contribution in [0.15, 0.2) is 27.4 Å². The minimum absolute atomic E-state index is 0.391. The average Bonchev–Trinajstić information content (AvgIpc) is 2.65. The lowest BCUT2D eigenvalue weighted by Crippen LogP contribution is -2.47. The van der Waals surface area contributed by atoms with E-state index in [1.807, 2.05) is 18.2 Å². The standard InChI is InChI=1S/C13H17N3O2/c17-13-16-11-2-1-9(5-12(11)18-13)3-4-14-6-10-7-15-8-10/h1-2,5,10,14-15H,3-4,6-8H2,(H,16,17). The van der Waals surface area contributed by atoms with E-state index >= 15 is 0 Å².